The number of phenolic OH excluding ortho intramolecular Hbond substituents is 1. The van der Waals surface area contributed by atoms with Crippen molar-refractivity contribution in [2.24, 2.45) is 5.92 Å². The van der Waals surface area contributed by atoms with Crippen molar-refractivity contribution in [3.63, 3.8) is 0 Å². The average molecular weight is 278 g/mol. The van der Waals surface area contributed by atoms with Crippen LogP contribution in [0.25, 0.3) is 0 Å². The summed E-state index contributed by atoms with van der Waals surface area (Å²) in [6, 6.07) is 4.22. The number of aromatic hydroxyl groups is 1. The van der Waals surface area contributed by atoms with Gasteiger partial charge in [-0.3, -0.25) is 4.72 Å². The van der Waals surface area contributed by atoms with Gasteiger partial charge in [0.25, 0.3) is 0 Å². The maximum absolute atomic E-state index is 11.7. The number of sulfonamides is 1. The van der Waals surface area contributed by atoms with Crippen LogP contribution >= 0.6 is 11.6 Å². The zero-order valence-electron chi connectivity index (χ0n) is 9.77. The molecule has 0 atom stereocenters. The van der Waals surface area contributed by atoms with E-state index in [-0.39, 0.29) is 17.2 Å². The first-order valence-electron chi connectivity index (χ1n) is 5.29. The van der Waals surface area contributed by atoms with Crippen molar-refractivity contribution < 1.29 is 13.5 Å². The first-order chi connectivity index (χ1) is 7.80. The Morgan fingerprint density at radius 2 is 2.06 bits per heavy atom. The summed E-state index contributed by atoms with van der Waals surface area (Å²) >= 11 is 5.73. The number of halogens is 1. The van der Waals surface area contributed by atoms with Gasteiger partial charge in [-0.25, -0.2) is 8.42 Å². The molecule has 1 aromatic rings. The van der Waals surface area contributed by atoms with Crippen LogP contribution in [0.3, 0.4) is 0 Å². The van der Waals surface area contributed by atoms with E-state index in [0.29, 0.717) is 17.4 Å². The summed E-state index contributed by atoms with van der Waals surface area (Å²) in [5.74, 6) is 0.193. The molecule has 0 radical (unpaired) electrons. The van der Waals surface area contributed by atoms with Gasteiger partial charge in [-0.1, -0.05) is 25.4 Å². The molecule has 0 aromatic heterocycles. The molecule has 0 aliphatic rings. The summed E-state index contributed by atoms with van der Waals surface area (Å²) in [6.45, 7) is 3.90. The second kappa shape index (κ2) is 5.60. The van der Waals surface area contributed by atoms with Crippen molar-refractivity contribution in [1.29, 1.82) is 0 Å². The monoisotopic (exact) mass is 277 g/mol. The molecule has 0 amide bonds. The smallest absolute Gasteiger partial charge is 0.232 e. The van der Waals surface area contributed by atoms with Crippen LogP contribution < -0.4 is 4.72 Å². The van der Waals surface area contributed by atoms with E-state index in [2.05, 4.69) is 4.72 Å². The van der Waals surface area contributed by atoms with Crippen LogP contribution in [0.15, 0.2) is 18.2 Å². The molecule has 6 heteroatoms. The van der Waals surface area contributed by atoms with Crippen LogP contribution in [0, 0.1) is 5.92 Å². The van der Waals surface area contributed by atoms with Crippen molar-refractivity contribution in [2.45, 2.75) is 20.3 Å². The van der Waals surface area contributed by atoms with Crippen LogP contribution in [-0.4, -0.2) is 19.3 Å². The summed E-state index contributed by atoms with van der Waals surface area (Å²) in [5.41, 5.74) is 0.112. The second-order valence-corrected chi connectivity index (χ2v) is 6.54. The molecule has 0 spiro atoms. The van der Waals surface area contributed by atoms with Gasteiger partial charge >= 0.3 is 0 Å². The van der Waals surface area contributed by atoms with E-state index >= 15 is 0 Å². The van der Waals surface area contributed by atoms with E-state index < -0.39 is 10.0 Å². The van der Waals surface area contributed by atoms with Crippen molar-refractivity contribution in [3.05, 3.63) is 23.2 Å². The van der Waals surface area contributed by atoms with Gasteiger partial charge in [0, 0.05) is 5.02 Å². The Morgan fingerprint density at radius 3 is 2.65 bits per heavy atom. The fourth-order valence-electron chi connectivity index (χ4n) is 1.20. The minimum Gasteiger partial charge on any atom is -0.506 e. The van der Waals surface area contributed by atoms with Crippen LogP contribution in [0.2, 0.25) is 5.02 Å². The summed E-state index contributed by atoms with van der Waals surface area (Å²) < 4.78 is 25.7. The maximum Gasteiger partial charge on any atom is 0.232 e. The minimum absolute atomic E-state index is 0.0244. The first kappa shape index (κ1) is 14.1. The summed E-state index contributed by atoms with van der Waals surface area (Å²) in [6.07, 6.45) is 0.566. The van der Waals surface area contributed by atoms with Gasteiger partial charge in [-0.05, 0) is 30.5 Å². The van der Waals surface area contributed by atoms with Crippen LogP contribution in [0.5, 0.6) is 5.75 Å². The zero-order valence-corrected chi connectivity index (χ0v) is 11.3. The first-order valence-corrected chi connectivity index (χ1v) is 7.32. The lowest BCUT2D eigenvalue weighted by Gasteiger charge is -2.10. The van der Waals surface area contributed by atoms with Gasteiger partial charge in [0.1, 0.15) is 5.75 Å². The van der Waals surface area contributed by atoms with Crippen LogP contribution in [0.4, 0.5) is 5.69 Å². The largest absolute Gasteiger partial charge is 0.506 e. The molecule has 1 aromatic carbocycles. The molecular formula is C11H16ClNO3S. The van der Waals surface area contributed by atoms with Gasteiger partial charge in [0.15, 0.2) is 0 Å². The number of phenols is 1. The van der Waals surface area contributed by atoms with E-state index in [1.54, 1.807) is 0 Å². The summed E-state index contributed by atoms with van der Waals surface area (Å²) in [7, 11) is -3.44. The van der Waals surface area contributed by atoms with E-state index in [1.807, 2.05) is 13.8 Å². The molecule has 0 aliphatic heterocycles. The molecule has 0 aliphatic carbocycles. The predicted octanol–water partition coefficient (Wildman–Crippen LogP) is 2.83. The standard InChI is InChI=1S/C11H16ClNO3S/c1-8(2)5-6-17(15,16)13-10-7-9(12)3-4-11(10)14/h3-4,7-8,13-14H,5-6H2,1-2H3. The molecule has 0 fully saturated rings. The molecule has 0 bridgehead atoms. The fourth-order valence-corrected chi connectivity index (χ4v) is 2.75. The van der Waals surface area contributed by atoms with Gasteiger partial charge in [0.05, 0.1) is 11.4 Å². The lowest BCUT2D eigenvalue weighted by molar-refractivity contribution is 0.477. The van der Waals surface area contributed by atoms with E-state index in [4.69, 9.17) is 11.6 Å². The molecule has 0 saturated carbocycles. The van der Waals surface area contributed by atoms with Crippen LogP contribution in [0.1, 0.15) is 20.3 Å². The SMILES string of the molecule is CC(C)CCS(=O)(=O)Nc1cc(Cl)ccc1O. The van der Waals surface area contributed by atoms with Gasteiger partial charge in [0.2, 0.25) is 10.0 Å². The number of hydrogen-bond donors (Lipinski definition) is 2. The Morgan fingerprint density at radius 1 is 1.41 bits per heavy atom. The Bertz CT molecular complexity index is 485. The summed E-state index contributed by atoms with van der Waals surface area (Å²) in [4.78, 5) is 0. The molecule has 0 heterocycles. The van der Waals surface area contributed by atoms with Gasteiger partial charge in [-0.15, -0.1) is 0 Å². The predicted molar refractivity (Wildman–Crippen MR) is 70.0 cm³/mol. The van der Waals surface area contributed by atoms with Gasteiger partial charge in [-0.2, -0.15) is 0 Å². The third-order valence-corrected chi connectivity index (χ3v) is 3.73. The van der Waals surface area contributed by atoms with Crippen LogP contribution in [-0.2, 0) is 10.0 Å². The van der Waals surface area contributed by atoms with Crippen molar-refractivity contribution >= 4 is 27.3 Å². The van der Waals surface area contributed by atoms with E-state index in [9.17, 15) is 13.5 Å². The molecule has 17 heavy (non-hydrogen) atoms. The van der Waals surface area contributed by atoms with Crippen molar-refractivity contribution in [2.75, 3.05) is 10.5 Å². The van der Waals surface area contributed by atoms with Crippen molar-refractivity contribution in [3.8, 4) is 5.75 Å². The number of anilines is 1. The molecule has 2 N–H and O–H groups in total. The lowest BCUT2D eigenvalue weighted by Crippen LogP contribution is -2.17. The highest BCUT2D eigenvalue weighted by Crippen LogP contribution is 2.27. The third-order valence-electron chi connectivity index (χ3n) is 2.19. The number of rotatable bonds is 5. The number of nitrogens with one attached hydrogen (secondary N) is 1. The molecule has 96 valence electrons. The highest BCUT2D eigenvalue weighted by molar-refractivity contribution is 7.92. The van der Waals surface area contributed by atoms with E-state index in [1.165, 1.54) is 18.2 Å². The maximum atomic E-state index is 11.7. The Labute approximate surface area is 107 Å². The Balaban J connectivity index is 2.79. The Hall–Kier alpha value is -0.940. The van der Waals surface area contributed by atoms with E-state index in [0.717, 1.165) is 0 Å². The average Bonchev–Trinajstić information content (AvgIpc) is 2.20. The number of benzene rings is 1. The van der Waals surface area contributed by atoms with Gasteiger partial charge < -0.3 is 5.11 Å². The molecular weight excluding hydrogens is 262 g/mol. The minimum atomic E-state index is -3.44. The molecule has 1 rings (SSSR count). The highest BCUT2D eigenvalue weighted by atomic mass is 35.5. The molecule has 0 unspecified atom stereocenters. The fraction of sp³-hybridized carbons (Fsp3) is 0.455. The lowest BCUT2D eigenvalue weighted by atomic mass is 10.2. The quantitative estimate of drug-likeness (QED) is 0.814. The second-order valence-electron chi connectivity index (χ2n) is 4.26. The topological polar surface area (TPSA) is 66.4 Å². The number of hydrogen-bond acceptors (Lipinski definition) is 3. The normalized spacial score (nSPS) is 11.8. The molecule has 0 saturated heterocycles. The Kier molecular flexibility index (Phi) is 4.65. The third kappa shape index (κ3) is 4.83. The zero-order chi connectivity index (χ0) is 13.1. The van der Waals surface area contributed by atoms with Crippen molar-refractivity contribution in [1.82, 2.24) is 0 Å². The molecule has 4 nitrogen and oxygen atoms in total. The highest BCUT2D eigenvalue weighted by Gasteiger charge is 2.13. The summed E-state index contributed by atoms with van der Waals surface area (Å²) in [5, 5.41) is 9.86.